The van der Waals surface area contributed by atoms with Gasteiger partial charge in [-0.3, -0.25) is 0 Å². The maximum Gasteiger partial charge on any atom is 0.273 e. The third-order valence-electron chi connectivity index (χ3n) is 2.27. The second-order valence-electron chi connectivity index (χ2n) is 3.76. The number of aromatic nitrogens is 2. The molecule has 2 heterocycles. The van der Waals surface area contributed by atoms with Crippen molar-refractivity contribution >= 4 is 10.0 Å². The van der Waals surface area contributed by atoms with Gasteiger partial charge in [0.2, 0.25) is 11.0 Å². The summed E-state index contributed by atoms with van der Waals surface area (Å²) < 4.78 is 35.7. The molecule has 2 aromatic heterocycles. The molecule has 2 rings (SSSR count). The molecule has 0 spiro atoms. The summed E-state index contributed by atoms with van der Waals surface area (Å²) in [5.41, 5.74) is 0. The van der Waals surface area contributed by atoms with Crippen LogP contribution in [0.1, 0.15) is 17.5 Å². The minimum atomic E-state index is -3.73. The number of aryl methyl sites for hydroxylation is 1. The average molecular weight is 287 g/mol. The number of hydrogen-bond donors (Lipinski definition) is 2. The zero-order chi connectivity index (χ0) is 13.9. The van der Waals surface area contributed by atoms with Gasteiger partial charge in [-0.25, -0.2) is 13.1 Å². The molecule has 104 valence electrons. The molecule has 9 heteroatoms. The lowest BCUT2D eigenvalue weighted by Gasteiger charge is -2.01. The summed E-state index contributed by atoms with van der Waals surface area (Å²) in [6.07, 6.45) is 0.310. The quantitative estimate of drug-likeness (QED) is 0.766. The summed E-state index contributed by atoms with van der Waals surface area (Å²) in [5, 5.41) is 12.2. The van der Waals surface area contributed by atoms with Gasteiger partial charge in [-0.2, -0.15) is 4.98 Å². The lowest BCUT2D eigenvalue weighted by molar-refractivity contribution is 0.236. The molecule has 0 amide bonds. The third-order valence-corrected chi connectivity index (χ3v) is 3.60. The Morgan fingerprint density at radius 3 is 2.79 bits per heavy atom. The Morgan fingerprint density at radius 1 is 1.42 bits per heavy atom. The number of aliphatic hydroxyl groups is 1. The third kappa shape index (κ3) is 3.40. The first-order valence-electron chi connectivity index (χ1n) is 5.49. The zero-order valence-electron chi connectivity index (χ0n) is 10.2. The highest BCUT2D eigenvalue weighted by Gasteiger charge is 2.18. The van der Waals surface area contributed by atoms with Crippen molar-refractivity contribution in [2.75, 3.05) is 6.54 Å². The van der Waals surface area contributed by atoms with Crippen LogP contribution in [0.5, 0.6) is 0 Å². The number of hydrogen-bond acceptors (Lipinski definition) is 7. The number of nitrogens with zero attached hydrogens (tertiary/aromatic N) is 2. The van der Waals surface area contributed by atoms with Gasteiger partial charge in [0.05, 0.1) is 0 Å². The van der Waals surface area contributed by atoms with E-state index in [0.717, 1.165) is 0 Å². The Kier molecular flexibility index (Phi) is 3.98. The van der Waals surface area contributed by atoms with Gasteiger partial charge in [0.15, 0.2) is 5.82 Å². The van der Waals surface area contributed by atoms with E-state index in [2.05, 4.69) is 14.9 Å². The van der Waals surface area contributed by atoms with E-state index < -0.39 is 10.0 Å². The summed E-state index contributed by atoms with van der Waals surface area (Å²) >= 11 is 0. The largest absolute Gasteiger partial charge is 0.446 e. The van der Waals surface area contributed by atoms with Crippen molar-refractivity contribution in [3.05, 3.63) is 29.6 Å². The van der Waals surface area contributed by atoms with Crippen LogP contribution in [-0.2, 0) is 23.1 Å². The molecule has 0 radical (unpaired) electrons. The summed E-state index contributed by atoms with van der Waals surface area (Å²) in [4.78, 5) is 3.95. The molecule has 2 aromatic rings. The van der Waals surface area contributed by atoms with Crippen LogP contribution in [0.15, 0.2) is 26.2 Å². The standard InChI is InChI=1S/C10H13N3O5S/c1-7-12-9(13-18-7)4-5-11-19(15,16)10-3-2-8(6-14)17-10/h2-3,11,14H,4-6H2,1H3. The Balaban J connectivity index is 1.94. The first-order valence-corrected chi connectivity index (χ1v) is 6.98. The van der Waals surface area contributed by atoms with E-state index in [1.165, 1.54) is 12.1 Å². The fraction of sp³-hybridized carbons (Fsp3) is 0.400. The number of aliphatic hydroxyl groups excluding tert-OH is 1. The van der Waals surface area contributed by atoms with Crippen molar-refractivity contribution in [1.82, 2.24) is 14.9 Å². The van der Waals surface area contributed by atoms with Crippen molar-refractivity contribution in [3.63, 3.8) is 0 Å². The van der Waals surface area contributed by atoms with E-state index in [9.17, 15) is 8.42 Å². The minimum Gasteiger partial charge on any atom is -0.446 e. The first kappa shape index (κ1) is 13.7. The molecule has 8 nitrogen and oxygen atoms in total. The van der Waals surface area contributed by atoms with Gasteiger partial charge < -0.3 is 14.0 Å². The molecule has 0 unspecified atom stereocenters. The van der Waals surface area contributed by atoms with Gasteiger partial charge in [-0.15, -0.1) is 0 Å². The second kappa shape index (κ2) is 5.51. The van der Waals surface area contributed by atoms with Crippen molar-refractivity contribution in [2.24, 2.45) is 0 Å². The number of furan rings is 1. The molecule has 0 fully saturated rings. The predicted octanol–water partition coefficient (Wildman–Crippen LogP) is -0.0157. The zero-order valence-corrected chi connectivity index (χ0v) is 11.0. The average Bonchev–Trinajstić information content (AvgIpc) is 2.98. The Morgan fingerprint density at radius 2 is 2.21 bits per heavy atom. The van der Waals surface area contributed by atoms with E-state index in [0.29, 0.717) is 18.1 Å². The van der Waals surface area contributed by atoms with Crippen LogP contribution in [0.3, 0.4) is 0 Å². The predicted molar refractivity (Wildman–Crippen MR) is 62.6 cm³/mol. The summed E-state index contributed by atoms with van der Waals surface area (Å²) in [5.74, 6) is 1.04. The molecule has 0 aromatic carbocycles. The SMILES string of the molecule is Cc1nc(CCNS(=O)(=O)c2ccc(CO)o2)no1. The first-order chi connectivity index (χ1) is 9.01. The van der Waals surface area contributed by atoms with Crippen molar-refractivity contribution in [1.29, 1.82) is 0 Å². The van der Waals surface area contributed by atoms with Crippen molar-refractivity contribution in [2.45, 2.75) is 25.0 Å². The minimum absolute atomic E-state index is 0.121. The fourth-order valence-electron chi connectivity index (χ4n) is 1.40. The van der Waals surface area contributed by atoms with Crippen LogP contribution >= 0.6 is 0 Å². The van der Waals surface area contributed by atoms with Gasteiger partial charge >= 0.3 is 0 Å². The molecule has 0 atom stereocenters. The number of rotatable bonds is 6. The van der Waals surface area contributed by atoms with E-state index in [1.54, 1.807) is 6.92 Å². The van der Waals surface area contributed by atoms with E-state index in [-0.39, 0.29) is 24.0 Å². The lowest BCUT2D eigenvalue weighted by atomic mass is 10.4. The van der Waals surface area contributed by atoms with Gasteiger partial charge in [0.25, 0.3) is 10.0 Å². The molecule has 0 saturated carbocycles. The number of sulfonamides is 1. The van der Waals surface area contributed by atoms with E-state index in [1.807, 2.05) is 0 Å². The molecule has 0 bridgehead atoms. The summed E-state index contributed by atoms with van der Waals surface area (Å²) in [6.45, 7) is 1.42. The van der Waals surface area contributed by atoms with Crippen LogP contribution in [0.4, 0.5) is 0 Å². The molecule has 2 N–H and O–H groups in total. The van der Waals surface area contributed by atoms with Crippen molar-refractivity contribution in [3.8, 4) is 0 Å². The van der Waals surface area contributed by atoms with Crippen LogP contribution in [0.25, 0.3) is 0 Å². The highest BCUT2D eigenvalue weighted by Crippen LogP contribution is 2.13. The maximum absolute atomic E-state index is 11.8. The fourth-order valence-corrected chi connectivity index (χ4v) is 2.38. The molecule has 0 aliphatic heterocycles. The van der Waals surface area contributed by atoms with Gasteiger partial charge in [-0.1, -0.05) is 5.16 Å². The van der Waals surface area contributed by atoms with Crippen LogP contribution < -0.4 is 4.72 Å². The van der Waals surface area contributed by atoms with Gasteiger partial charge in [0.1, 0.15) is 12.4 Å². The molecule has 0 saturated heterocycles. The highest BCUT2D eigenvalue weighted by atomic mass is 32.2. The van der Waals surface area contributed by atoms with Crippen molar-refractivity contribution < 1.29 is 22.5 Å². The van der Waals surface area contributed by atoms with Crippen LogP contribution in [-0.4, -0.2) is 30.2 Å². The van der Waals surface area contributed by atoms with E-state index in [4.69, 9.17) is 14.0 Å². The maximum atomic E-state index is 11.8. The molecule has 0 aliphatic carbocycles. The topological polar surface area (TPSA) is 118 Å². The summed E-state index contributed by atoms with van der Waals surface area (Å²) in [7, 11) is -3.73. The monoisotopic (exact) mass is 287 g/mol. The molecular weight excluding hydrogens is 274 g/mol. The number of nitrogens with one attached hydrogen (secondary N) is 1. The molecule has 19 heavy (non-hydrogen) atoms. The van der Waals surface area contributed by atoms with Gasteiger partial charge in [-0.05, 0) is 12.1 Å². The van der Waals surface area contributed by atoms with Crippen LogP contribution in [0.2, 0.25) is 0 Å². The molecular formula is C10H13N3O5S. The highest BCUT2D eigenvalue weighted by molar-refractivity contribution is 7.89. The summed E-state index contributed by atoms with van der Waals surface area (Å²) in [6, 6.07) is 2.68. The lowest BCUT2D eigenvalue weighted by Crippen LogP contribution is -2.25. The smallest absolute Gasteiger partial charge is 0.273 e. The van der Waals surface area contributed by atoms with Gasteiger partial charge in [0, 0.05) is 19.9 Å². The Hall–Kier alpha value is -1.71. The van der Waals surface area contributed by atoms with Crippen LogP contribution in [0, 0.1) is 6.92 Å². The Bertz CT molecular complexity index is 646. The molecule has 0 aliphatic rings. The van der Waals surface area contributed by atoms with E-state index >= 15 is 0 Å². The Labute approximate surface area is 109 Å². The second-order valence-corrected chi connectivity index (χ2v) is 5.45. The normalized spacial score (nSPS) is 11.9.